The van der Waals surface area contributed by atoms with Crippen LogP contribution < -0.4 is 0 Å². The van der Waals surface area contributed by atoms with Crippen molar-refractivity contribution in [1.82, 2.24) is 0 Å². The lowest BCUT2D eigenvalue weighted by atomic mass is 9.90. The molecule has 1 aliphatic carbocycles. The smallest absolute Gasteiger partial charge is 0.0633 e. The first-order chi connectivity index (χ1) is 9.43. The average molecular weight is 245 g/mol. The van der Waals surface area contributed by atoms with Crippen molar-refractivity contribution in [2.24, 2.45) is 4.99 Å². The van der Waals surface area contributed by atoms with E-state index in [0.29, 0.717) is 0 Å². The van der Waals surface area contributed by atoms with Crippen LogP contribution in [0.15, 0.2) is 90.0 Å². The Kier molecular flexibility index (Phi) is 3.37. The molecule has 2 aromatic carbocycles. The van der Waals surface area contributed by atoms with E-state index in [1.165, 1.54) is 5.56 Å². The van der Waals surface area contributed by atoms with Crippen LogP contribution >= 0.6 is 0 Å². The second-order valence-corrected chi connectivity index (χ2v) is 4.50. The van der Waals surface area contributed by atoms with Gasteiger partial charge in [-0.25, -0.2) is 0 Å². The van der Waals surface area contributed by atoms with E-state index in [1.54, 1.807) is 0 Å². The van der Waals surface area contributed by atoms with Gasteiger partial charge in [0.05, 0.1) is 11.4 Å². The fourth-order valence-corrected chi connectivity index (χ4v) is 2.23. The van der Waals surface area contributed by atoms with E-state index in [0.717, 1.165) is 11.4 Å². The van der Waals surface area contributed by atoms with Crippen LogP contribution in [-0.2, 0) is 0 Å². The van der Waals surface area contributed by atoms with Gasteiger partial charge in [0.2, 0.25) is 0 Å². The third-order valence-corrected chi connectivity index (χ3v) is 3.17. The second kappa shape index (κ2) is 5.49. The molecule has 1 aliphatic rings. The minimum absolute atomic E-state index is 0.242. The lowest BCUT2D eigenvalue weighted by Gasteiger charge is -2.16. The molecule has 1 heteroatoms. The maximum Gasteiger partial charge on any atom is 0.0633 e. The van der Waals surface area contributed by atoms with Gasteiger partial charge in [-0.15, -0.1) is 0 Å². The number of benzene rings is 2. The van der Waals surface area contributed by atoms with E-state index in [2.05, 4.69) is 42.5 Å². The van der Waals surface area contributed by atoms with Gasteiger partial charge in [-0.1, -0.05) is 66.8 Å². The molecular formula is C18H15N. The van der Waals surface area contributed by atoms with Crippen LogP contribution in [0.4, 0.5) is 5.69 Å². The Balaban J connectivity index is 1.98. The molecule has 1 atom stereocenters. The molecule has 0 aromatic heterocycles. The molecule has 0 saturated carbocycles. The third kappa shape index (κ3) is 2.71. The predicted octanol–water partition coefficient (Wildman–Crippen LogP) is 4.67. The summed E-state index contributed by atoms with van der Waals surface area (Å²) >= 11 is 0. The monoisotopic (exact) mass is 245 g/mol. The molecule has 0 heterocycles. The van der Waals surface area contributed by atoms with Gasteiger partial charge >= 0.3 is 0 Å². The first-order valence-electron chi connectivity index (χ1n) is 6.47. The van der Waals surface area contributed by atoms with E-state index < -0.39 is 0 Å². The highest BCUT2D eigenvalue weighted by Gasteiger charge is 2.14. The minimum atomic E-state index is 0.242. The van der Waals surface area contributed by atoms with Crippen LogP contribution in [0.25, 0.3) is 0 Å². The van der Waals surface area contributed by atoms with Crippen molar-refractivity contribution >= 4 is 11.4 Å². The first-order valence-corrected chi connectivity index (χ1v) is 6.47. The molecule has 1 unspecified atom stereocenters. The molecule has 0 amide bonds. The summed E-state index contributed by atoms with van der Waals surface area (Å²) in [5.41, 5.74) is 3.36. The summed E-state index contributed by atoms with van der Waals surface area (Å²) in [5.74, 6) is 0.242. The quantitative estimate of drug-likeness (QED) is 0.729. The summed E-state index contributed by atoms with van der Waals surface area (Å²) in [6, 6.07) is 20.6. The number of hydrogen-bond donors (Lipinski definition) is 0. The van der Waals surface area contributed by atoms with Crippen molar-refractivity contribution in [2.45, 2.75) is 5.92 Å². The summed E-state index contributed by atoms with van der Waals surface area (Å²) in [4.78, 5) is 4.75. The van der Waals surface area contributed by atoms with Crippen LogP contribution in [0.1, 0.15) is 11.5 Å². The van der Waals surface area contributed by atoms with Crippen LogP contribution in [-0.4, -0.2) is 5.71 Å². The molecule has 2 aromatic rings. The van der Waals surface area contributed by atoms with Gasteiger partial charge in [-0.2, -0.15) is 0 Å². The number of aliphatic imine (C=N–C) groups is 1. The van der Waals surface area contributed by atoms with E-state index in [1.807, 2.05) is 42.5 Å². The van der Waals surface area contributed by atoms with Crippen molar-refractivity contribution < 1.29 is 0 Å². The van der Waals surface area contributed by atoms with Crippen LogP contribution in [0, 0.1) is 0 Å². The Bertz CT molecular complexity index is 621. The third-order valence-electron chi connectivity index (χ3n) is 3.17. The summed E-state index contributed by atoms with van der Waals surface area (Å²) in [6.45, 7) is 0. The van der Waals surface area contributed by atoms with Crippen molar-refractivity contribution in [3.63, 3.8) is 0 Å². The fraction of sp³-hybridized carbons (Fsp3) is 0.0556. The van der Waals surface area contributed by atoms with E-state index in [9.17, 15) is 0 Å². The molecule has 0 fully saturated rings. The average Bonchev–Trinajstić information content (AvgIpc) is 2.50. The number of nitrogens with zero attached hydrogens (tertiary/aromatic N) is 1. The number of hydrogen-bond acceptors (Lipinski definition) is 1. The highest BCUT2D eigenvalue weighted by atomic mass is 14.7. The van der Waals surface area contributed by atoms with Crippen molar-refractivity contribution in [3.05, 3.63) is 90.5 Å². The molecule has 1 nitrogen and oxygen atoms in total. The van der Waals surface area contributed by atoms with Gasteiger partial charge in [0.15, 0.2) is 0 Å². The molecule has 0 spiro atoms. The van der Waals surface area contributed by atoms with E-state index >= 15 is 0 Å². The number of para-hydroxylation sites is 1. The Labute approximate surface area is 113 Å². The maximum absolute atomic E-state index is 4.75. The molecule has 0 saturated heterocycles. The summed E-state index contributed by atoms with van der Waals surface area (Å²) in [6.07, 6.45) is 8.41. The van der Waals surface area contributed by atoms with Crippen LogP contribution in [0.5, 0.6) is 0 Å². The molecule has 0 bridgehead atoms. The summed E-state index contributed by atoms with van der Waals surface area (Å²) in [7, 11) is 0. The SMILES string of the molecule is C1=CC(=Nc2ccccc2)C(c2ccccc2)C=C1. The molecule has 3 rings (SSSR count). The maximum atomic E-state index is 4.75. The highest BCUT2D eigenvalue weighted by Crippen LogP contribution is 2.25. The zero-order valence-corrected chi connectivity index (χ0v) is 10.6. The highest BCUT2D eigenvalue weighted by molar-refractivity contribution is 6.04. The molecular weight excluding hydrogens is 230 g/mol. The van der Waals surface area contributed by atoms with Crippen molar-refractivity contribution in [1.29, 1.82) is 0 Å². The van der Waals surface area contributed by atoms with E-state index in [-0.39, 0.29) is 5.92 Å². The van der Waals surface area contributed by atoms with Crippen LogP contribution in [0.2, 0.25) is 0 Å². The van der Waals surface area contributed by atoms with Crippen LogP contribution in [0.3, 0.4) is 0 Å². The van der Waals surface area contributed by atoms with Crippen molar-refractivity contribution in [2.75, 3.05) is 0 Å². The predicted molar refractivity (Wildman–Crippen MR) is 81.0 cm³/mol. The fourth-order valence-electron chi connectivity index (χ4n) is 2.23. The molecule has 0 radical (unpaired) electrons. The van der Waals surface area contributed by atoms with Gasteiger partial charge in [-0.05, 0) is 23.8 Å². The second-order valence-electron chi connectivity index (χ2n) is 4.50. The van der Waals surface area contributed by atoms with E-state index in [4.69, 9.17) is 4.99 Å². The largest absolute Gasteiger partial charge is 0.252 e. The Morgan fingerprint density at radius 3 is 2.16 bits per heavy atom. The molecule has 19 heavy (non-hydrogen) atoms. The molecule has 0 aliphatic heterocycles. The summed E-state index contributed by atoms with van der Waals surface area (Å²) < 4.78 is 0. The minimum Gasteiger partial charge on any atom is -0.252 e. The zero-order chi connectivity index (χ0) is 12.9. The van der Waals surface area contributed by atoms with Gasteiger partial charge in [0.25, 0.3) is 0 Å². The number of rotatable bonds is 2. The Morgan fingerprint density at radius 1 is 0.737 bits per heavy atom. The molecule has 92 valence electrons. The Hall–Kier alpha value is -2.41. The van der Waals surface area contributed by atoms with Gasteiger partial charge in [-0.3, -0.25) is 4.99 Å². The van der Waals surface area contributed by atoms with Crippen molar-refractivity contribution in [3.8, 4) is 0 Å². The lowest BCUT2D eigenvalue weighted by Crippen LogP contribution is -2.09. The van der Waals surface area contributed by atoms with Gasteiger partial charge < -0.3 is 0 Å². The molecule has 0 N–H and O–H groups in total. The topological polar surface area (TPSA) is 12.4 Å². The first kappa shape index (κ1) is 11.7. The van der Waals surface area contributed by atoms with Gasteiger partial charge in [0, 0.05) is 5.92 Å². The normalized spacial score (nSPS) is 19.8. The summed E-state index contributed by atoms with van der Waals surface area (Å²) in [5, 5.41) is 0. The zero-order valence-electron chi connectivity index (χ0n) is 10.6. The number of allylic oxidation sites excluding steroid dienone is 4. The van der Waals surface area contributed by atoms with Gasteiger partial charge in [0.1, 0.15) is 0 Å². The Morgan fingerprint density at radius 2 is 1.42 bits per heavy atom. The standard InChI is InChI=1S/C18H15N/c1-3-9-15(10-4-1)17-13-7-8-14-18(17)19-16-11-5-2-6-12-16/h1-14,17H. The lowest BCUT2D eigenvalue weighted by molar-refractivity contribution is 1.13.